The number of halogens is 1. The number of fused-ring (bicyclic) bond motifs is 2. The van der Waals surface area contributed by atoms with E-state index in [1.54, 1.807) is 24.7 Å². The van der Waals surface area contributed by atoms with Crippen molar-refractivity contribution in [2.24, 2.45) is 5.10 Å². The highest BCUT2D eigenvalue weighted by atomic mass is 35.5. The van der Waals surface area contributed by atoms with E-state index in [1.807, 2.05) is 42.5 Å². The predicted molar refractivity (Wildman–Crippen MR) is 127 cm³/mol. The fourth-order valence-corrected chi connectivity index (χ4v) is 4.43. The lowest BCUT2D eigenvalue weighted by molar-refractivity contribution is 0.415. The van der Waals surface area contributed by atoms with Crippen LogP contribution in [-0.2, 0) is 0 Å². The van der Waals surface area contributed by atoms with E-state index >= 15 is 0 Å². The average Bonchev–Trinajstić information content (AvgIpc) is 3.25. The lowest BCUT2D eigenvalue weighted by Crippen LogP contribution is -1.97. The number of methoxy groups -OCH3 is 1. The Morgan fingerprint density at radius 1 is 1.10 bits per heavy atom. The highest BCUT2D eigenvalue weighted by Crippen LogP contribution is 2.36. The van der Waals surface area contributed by atoms with Crippen LogP contribution in [0.15, 0.2) is 71.4 Å². The third-order valence-corrected chi connectivity index (χ3v) is 6.02. The molecule has 0 amide bonds. The number of ether oxygens (including phenoxy) is 1. The molecule has 0 bridgehead atoms. The molecule has 0 saturated heterocycles. The number of benzene rings is 2. The maximum atomic E-state index is 6.36. The molecule has 0 saturated carbocycles. The van der Waals surface area contributed by atoms with Crippen LogP contribution in [0.25, 0.3) is 32.2 Å². The molecular weight excluding hydrogens is 430 g/mol. The highest BCUT2D eigenvalue weighted by Gasteiger charge is 2.12. The van der Waals surface area contributed by atoms with Crippen molar-refractivity contribution in [3.63, 3.8) is 0 Å². The number of hydrogen-bond donors (Lipinski definition) is 1. The zero-order valence-electron chi connectivity index (χ0n) is 16.4. The fourth-order valence-electron chi connectivity index (χ4n) is 3.32. The van der Waals surface area contributed by atoms with E-state index in [9.17, 15) is 0 Å². The van der Waals surface area contributed by atoms with Gasteiger partial charge >= 0.3 is 0 Å². The van der Waals surface area contributed by atoms with Gasteiger partial charge in [0.25, 0.3) is 0 Å². The SMILES string of the molecule is COc1ccc2nc(Cl)c(/C=N\Nc3ncnc4scc(-c5ccccc5)c34)cc2c1. The van der Waals surface area contributed by atoms with Crippen LogP contribution in [0, 0.1) is 0 Å². The van der Waals surface area contributed by atoms with E-state index < -0.39 is 0 Å². The Hall–Kier alpha value is -3.55. The van der Waals surface area contributed by atoms with Crippen LogP contribution in [0.1, 0.15) is 5.56 Å². The minimum atomic E-state index is 0.372. The van der Waals surface area contributed by atoms with Crippen molar-refractivity contribution in [1.82, 2.24) is 15.0 Å². The number of thiophene rings is 1. The van der Waals surface area contributed by atoms with Gasteiger partial charge in [-0.15, -0.1) is 11.3 Å². The Morgan fingerprint density at radius 3 is 2.81 bits per heavy atom. The molecular formula is C23H16ClN5OS. The summed E-state index contributed by atoms with van der Waals surface area (Å²) in [6.07, 6.45) is 3.17. The van der Waals surface area contributed by atoms with Gasteiger partial charge in [0.05, 0.1) is 24.2 Å². The Bertz CT molecular complexity index is 1420. The number of hydrazone groups is 1. The van der Waals surface area contributed by atoms with Crippen LogP contribution in [0.3, 0.4) is 0 Å². The Labute approximate surface area is 187 Å². The van der Waals surface area contributed by atoms with Crippen LogP contribution < -0.4 is 10.2 Å². The number of nitrogens with one attached hydrogen (secondary N) is 1. The Balaban J connectivity index is 1.49. The van der Waals surface area contributed by atoms with E-state index in [2.05, 4.69) is 43.0 Å². The molecule has 0 aliphatic rings. The molecule has 3 aromatic heterocycles. The first-order valence-corrected chi connectivity index (χ1v) is 10.7. The predicted octanol–water partition coefficient (Wildman–Crippen LogP) is 6.01. The first-order valence-electron chi connectivity index (χ1n) is 9.44. The second-order valence-corrected chi connectivity index (χ2v) is 7.93. The van der Waals surface area contributed by atoms with Crippen LogP contribution in [0.4, 0.5) is 5.82 Å². The molecule has 0 fully saturated rings. The molecule has 5 rings (SSSR count). The van der Waals surface area contributed by atoms with Crippen molar-refractivity contribution in [3.05, 3.63) is 77.0 Å². The molecule has 6 nitrogen and oxygen atoms in total. The molecule has 152 valence electrons. The zero-order valence-corrected chi connectivity index (χ0v) is 18.0. The summed E-state index contributed by atoms with van der Waals surface area (Å²) >= 11 is 7.93. The van der Waals surface area contributed by atoms with E-state index in [-0.39, 0.29) is 0 Å². The lowest BCUT2D eigenvalue weighted by Gasteiger charge is -2.06. The summed E-state index contributed by atoms with van der Waals surface area (Å²) in [7, 11) is 1.63. The number of hydrogen-bond acceptors (Lipinski definition) is 7. The highest BCUT2D eigenvalue weighted by molar-refractivity contribution is 7.17. The summed E-state index contributed by atoms with van der Waals surface area (Å²) < 4.78 is 5.29. The number of nitrogens with zero attached hydrogens (tertiary/aromatic N) is 4. The quantitative estimate of drug-likeness (QED) is 0.203. The molecule has 8 heteroatoms. The number of aromatic nitrogens is 3. The van der Waals surface area contributed by atoms with Crippen molar-refractivity contribution in [2.75, 3.05) is 12.5 Å². The van der Waals surface area contributed by atoms with Crippen molar-refractivity contribution in [2.45, 2.75) is 0 Å². The van der Waals surface area contributed by atoms with Gasteiger partial charge in [-0.3, -0.25) is 5.43 Å². The molecule has 0 radical (unpaired) electrons. The van der Waals surface area contributed by atoms with Gasteiger partial charge in [-0.25, -0.2) is 15.0 Å². The maximum Gasteiger partial charge on any atom is 0.159 e. The summed E-state index contributed by atoms with van der Waals surface area (Å²) in [6.45, 7) is 0. The molecule has 0 spiro atoms. The lowest BCUT2D eigenvalue weighted by atomic mass is 10.1. The standard InChI is InChI=1S/C23H16ClN5OS/c1-30-17-7-8-19-15(10-17)9-16(21(24)28-19)11-27-29-22-20-18(14-5-3-2-4-6-14)12-31-23(20)26-13-25-22/h2-13H,1H3,(H,25,26,29)/b27-11-. The van der Waals surface area contributed by atoms with E-state index in [4.69, 9.17) is 16.3 Å². The molecule has 0 aliphatic heterocycles. The monoisotopic (exact) mass is 445 g/mol. The first kappa shape index (κ1) is 19.4. The molecule has 3 heterocycles. The third kappa shape index (κ3) is 3.81. The van der Waals surface area contributed by atoms with Gasteiger partial charge < -0.3 is 4.74 Å². The summed E-state index contributed by atoms with van der Waals surface area (Å²) in [5.41, 5.74) is 6.69. The molecule has 0 unspecified atom stereocenters. The molecule has 31 heavy (non-hydrogen) atoms. The Morgan fingerprint density at radius 2 is 1.97 bits per heavy atom. The maximum absolute atomic E-state index is 6.36. The minimum absolute atomic E-state index is 0.372. The normalized spacial score (nSPS) is 11.4. The van der Waals surface area contributed by atoms with Crippen LogP contribution in [0.2, 0.25) is 5.15 Å². The van der Waals surface area contributed by atoms with Crippen molar-refractivity contribution in [1.29, 1.82) is 0 Å². The average molecular weight is 446 g/mol. The summed E-state index contributed by atoms with van der Waals surface area (Å²) in [5.74, 6) is 1.39. The molecule has 1 N–H and O–H groups in total. The third-order valence-electron chi connectivity index (χ3n) is 4.83. The zero-order chi connectivity index (χ0) is 21.2. The van der Waals surface area contributed by atoms with Crippen LogP contribution in [0.5, 0.6) is 5.75 Å². The Kier molecular flexibility index (Phi) is 5.19. The van der Waals surface area contributed by atoms with Gasteiger partial charge in [-0.2, -0.15) is 5.10 Å². The van der Waals surface area contributed by atoms with Crippen molar-refractivity contribution in [3.8, 4) is 16.9 Å². The molecule has 2 aromatic carbocycles. The summed E-state index contributed by atoms with van der Waals surface area (Å²) in [4.78, 5) is 14.1. The second-order valence-electron chi connectivity index (χ2n) is 6.71. The summed E-state index contributed by atoms with van der Waals surface area (Å²) in [5, 5.41) is 8.68. The van der Waals surface area contributed by atoms with Gasteiger partial charge in [0, 0.05) is 21.9 Å². The van der Waals surface area contributed by atoms with E-state index in [1.165, 1.54) is 6.33 Å². The first-order chi connectivity index (χ1) is 15.2. The van der Waals surface area contributed by atoms with E-state index in [0.29, 0.717) is 16.5 Å². The van der Waals surface area contributed by atoms with Gasteiger partial charge in [0.15, 0.2) is 5.82 Å². The van der Waals surface area contributed by atoms with Crippen LogP contribution >= 0.6 is 22.9 Å². The fraction of sp³-hybridized carbons (Fsp3) is 0.0435. The van der Waals surface area contributed by atoms with Gasteiger partial charge in [0.1, 0.15) is 22.1 Å². The molecule has 0 aliphatic carbocycles. The minimum Gasteiger partial charge on any atom is -0.497 e. The molecule has 0 atom stereocenters. The van der Waals surface area contributed by atoms with Gasteiger partial charge in [-0.1, -0.05) is 41.9 Å². The van der Waals surface area contributed by atoms with Gasteiger partial charge in [-0.05, 0) is 29.8 Å². The van der Waals surface area contributed by atoms with Gasteiger partial charge in [0.2, 0.25) is 0 Å². The second kappa shape index (κ2) is 8.29. The summed E-state index contributed by atoms with van der Waals surface area (Å²) in [6, 6.07) is 17.7. The smallest absolute Gasteiger partial charge is 0.159 e. The number of anilines is 1. The molecule has 5 aromatic rings. The van der Waals surface area contributed by atoms with Crippen molar-refractivity contribution < 1.29 is 4.74 Å². The number of rotatable bonds is 5. The topological polar surface area (TPSA) is 72.3 Å². The van der Waals surface area contributed by atoms with Crippen LogP contribution in [-0.4, -0.2) is 28.3 Å². The van der Waals surface area contributed by atoms with E-state index in [0.717, 1.165) is 38.0 Å². The van der Waals surface area contributed by atoms with Crippen molar-refractivity contribution >= 4 is 56.1 Å². The number of pyridine rings is 1. The largest absolute Gasteiger partial charge is 0.497 e.